The molecular weight excluding hydrogens is 228 g/mol. The van der Waals surface area contributed by atoms with Gasteiger partial charge >= 0.3 is 0 Å². The quantitative estimate of drug-likeness (QED) is 0.829. The summed E-state index contributed by atoms with van der Waals surface area (Å²) in [6.07, 6.45) is 9.91. The molecule has 0 radical (unpaired) electrons. The number of nitrogens with one attached hydrogen (secondary N) is 1. The summed E-state index contributed by atoms with van der Waals surface area (Å²) in [5.41, 5.74) is 0.584. The van der Waals surface area contributed by atoms with Crippen molar-refractivity contribution in [3.8, 4) is 0 Å². The van der Waals surface area contributed by atoms with Gasteiger partial charge in [0, 0.05) is 11.8 Å². The standard InChI is InChI=1S/C14H24N2S/c1-2-14(7-3-4-8-14)10-16-13-15-9-12(17-13)11-5-6-11/h11-12H,2-10H2,1H3,(H,15,16). The lowest BCUT2D eigenvalue weighted by molar-refractivity contribution is 0.285. The molecule has 1 aliphatic heterocycles. The number of rotatable bonds is 4. The van der Waals surface area contributed by atoms with Crippen LogP contribution in [0.4, 0.5) is 0 Å². The first-order valence-corrected chi connectivity index (χ1v) is 8.14. The SMILES string of the molecule is CCC1(CNC2=NCC(C3CC3)S2)CCCC1. The highest BCUT2D eigenvalue weighted by molar-refractivity contribution is 8.14. The maximum Gasteiger partial charge on any atom is 0.156 e. The molecule has 2 nitrogen and oxygen atoms in total. The van der Waals surface area contributed by atoms with Gasteiger partial charge in [0.25, 0.3) is 0 Å². The molecule has 0 aromatic carbocycles. The van der Waals surface area contributed by atoms with E-state index in [-0.39, 0.29) is 0 Å². The average Bonchev–Trinajstić information content (AvgIpc) is 2.94. The number of hydrogen-bond donors (Lipinski definition) is 1. The van der Waals surface area contributed by atoms with Gasteiger partial charge in [-0.1, -0.05) is 31.5 Å². The number of thioether (sulfide) groups is 1. The summed E-state index contributed by atoms with van der Waals surface area (Å²) >= 11 is 2.01. The van der Waals surface area contributed by atoms with Crippen molar-refractivity contribution in [2.45, 2.75) is 57.1 Å². The number of aliphatic imine (C=N–C) groups is 1. The zero-order valence-corrected chi connectivity index (χ0v) is 11.7. The van der Waals surface area contributed by atoms with Crippen LogP contribution in [0, 0.1) is 11.3 Å². The van der Waals surface area contributed by atoms with E-state index in [1.165, 1.54) is 50.1 Å². The van der Waals surface area contributed by atoms with Gasteiger partial charge in [0.1, 0.15) is 0 Å². The largest absolute Gasteiger partial charge is 0.364 e. The normalized spacial score (nSPS) is 31.6. The van der Waals surface area contributed by atoms with Crippen molar-refractivity contribution in [2.24, 2.45) is 16.3 Å². The molecule has 1 atom stereocenters. The van der Waals surface area contributed by atoms with Crippen LogP contribution in [0.25, 0.3) is 0 Å². The fourth-order valence-electron chi connectivity index (χ4n) is 3.25. The molecule has 0 spiro atoms. The highest BCUT2D eigenvalue weighted by Crippen LogP contribution is 2.43. The Morgan fingerprint density at radius 1 is 1.35 bits per heavy atom. The van der Waals surface area contributed by atoms with E-state index in [0.29, 0.717) is 5.41 Å². The fourth-order valence-corrected chi connectivity index (χ4v) is 4.45. The van der Waals surface area contributed by atoms with Gasteiger partial charge in [-0.05, 0) is 43.4 Å². The molecule has 1 heterocycles. The molecule has 0 bridgehead atoms. The van der Waals surface area contributed by atoms with Gasteiger partial charge in [0.15, 0.2) is 5.17 Å². The van der Waals surface area contributed by atoms with E-state index in [4.69, 9.17) is 0 Å². The molecule has 17 heavy (non-hydrogen) atoms. The zero-order chi connectivity index (χ0) is 11.7. The molecule has 1 N–H and O–H groups in total. The van der Waals surface area contributed by atoms with Gasteiger partial charge < -0.3 is 5.32 Å². The third kappa shape index (κ3) is 2.64. The minimum Gasteiger partial charge on any atom is -0.364 e. The van der Waals surface area contributed by atoms with E-state index < -0.39 is 0 Å². The Kier molecular flexibility index (Phi) is 3.38. The summed E-state index contributed by atoms with van der Waals surface area (Å²) < 4.78 is 0. The Balaban J connectivity index is 1.47. The van der Waals surface area contributed by atoms with E-state index in [0.717, 1.165) is 24.3 Å². The molecule has 3 rings (SSSR count). The molecule has 0 amide bonds. The lowest BCUT2D eigenvalue weighted by atomic mass is 9.83. The summed E-state index contributed by atoms with van der Waals surface area (Å²) in [6, 6.07) is 0. The number of nitrogens with zero attached hydrogens (tertiary/aromatic N) is 1. The van der Waals surface area contributed by atoms with Crippen molar-refractivity contribution in [3.05, 3.63) is 0 Å². The lowest BCUT2D eigenvalue weighted by Gasteiger charge is -2.28. The van der Waals surface area contributed by atoms with Gasteiger partial charge in [-0.15, -0.1) is 0 Å². The molecular formula is C14H24N2S. The third-order valence-corrected chi connectivity index (χ3v) is 6.19. The van der Waals surface area contributed by atoms with Crippen molar-refractivity contribution >= 4 is 16.9 Å². The Morgan fingerprint density at radius 3 is 2.76 bits per heavy atom. The minimum absolute atomic E-state index is 0.584. The van der Waals surface area contributed by atoms with Gasteiger partial charge in [-0.25, -0.2) is 0 Å². The second-order valence-electron chi connectivity index (χ2n) is 6.05. The number of amidine groups is 1. The minimum atomic E-state index is 0.584. The summed E-state index contributed by atoms with van der Waals surface area (Å²) in [4.78, 5) is 4.67. The van der Waals surface area contributed by atoms with Crippen molar-refractivity contribution in [1.29, 1.82) is 0 Å². The summed E-state index contributed by atoms with van der Waals surface area (Å²) in [7, 11) is 0. The predicted octanol–water partition coefficient (Wildman–Crippen LogP) is 3.43. The van der Waals surface area contributed by atoms with E-state index in [2.05, 4.69) is 17.2 Å². The first-order chi connectivity index (χ1) is 8.31. The van der Waals surface area contributed by atoms with Crippen molar-refractivity contribution in [3.63, 3.8) is 0 Å². The van der Waals surface area contributed by atoms with Crippen LogP contribution < -0.4 is 5.32 Å². The van der Waals surface area contributed by atoms with Crippen LogP contribution in [-0.4, -0.2) is 23.5 Å². The molecule has 3 aliphatic rings. The van der Waals surface area contributed by atoms with Gasteiger partial charge in [0.05, 0.1) is 6.54 Å². The topological polar surface area (TPSA) is 24.4 Å². The summed E-state index contributed by atoms with van der Waals surface area (Å²) in [5, 5.41) is 5.68. The molecule has 1 unspecified atom stereocenters. The zero-order valence-electron chi connectivity index (χ0n) is 10.9. The van der Waals surface area contributed by atoms with Crippen LogP contribution in [0.5, 0.6) is 0 Å². The number of hydrogen-bond acceptors (Lipinski definition) is 3. The maximum atomic E-state index is 4.67. The van der Waals surface area contributed by atoms with E-state index in [1.54, 1.807) is 0 Å². The van der Waals surface area contributed by atoms with Crippen molar-refractivity contribution in [1.82, 2.24) is 5.32 Å². The van der Waals surface area contributed by atoms with Gasteiger partial charge in [-0.3, -0.25) is 4.99 Å². The molecule has 96 valence electrons. The van der Waals surface area contributed by atoms with Crippen LogP contribution in [0.2, 0.25) is 0 Å². The van der Waals surface area contributed by atoms with Crippen LogP contribution in [0.1, 0.15) is 51.9 Å². The Hall–Kier alpha value is -0.180. The highest BCUT2D eigenvalue weighted by atomic mass is 32.2. The molecule has 0 saturated heterocycles. The Labute approximate surface area is 109 Å². The molecule has 3 heteroatoms. The van der Waals surface area contributed by atoms with Crippen LogP contribution in [-0.2, 0) is 0 Å². The monoisotopic (exact) mass is 252 g/mol. The third-order valence-electron chi connectivity index (χ3n) is 4.85. The van der Waals surface area contributed by atoms with E-state index in [1.807, 2.05) is 11.8 Å². The average molecular weight is 252 g/mol. The molecule has 0 aromatic rings. The van der Waals surface area contributed by atoms with Crippen molar-refractivity contribution in [2.75, 3.05) is 13.1 Å². The summed E-state index contributed by atoms with van der Waals surface area (Å²) in [6.45, 7) is 4.58. The van der Waals surface area contributed by atoms with Gasteiger partial charge in [-0.2, -0.15) is 0 Å². The second-order valence-corrected chi connectivity index (χ2v) is 7.28. The first kappa shape index (κ1) is 11.9. The molecule has 2 fully saturated rings. The first-order valence-electron chi connectivity index (χ1n) is 7.26. The highest BCUT2D eigenvalue weighted by Gasteiger charge is 2.36. The smallest absolute Gasteiger partial charge is 0.156 e. The molecule has 2 aliphatic carbocycles. The van der Waals surface area contributed by atoms with Gasteiger partial charge in [0.2, 0.25) is 0 Å². The predicted molar refractivity (Wildman–Crippen MR) is 75.6 cm³/mol. The second kappa shape index (κ2) is 4.83. The van der Waals surface area contributed by atoms with Crippen LogP contribution in [0.15, 0.2) is 4.99 Å². The van der Waals surface area contributed by atoms with E-state index >= 15 is 0 Å². The Bertz CT molecular complexity index is 303. The Morgan fingerprint density at radius 2 is 2.12 bits per heavy atom. The van der Waals surface area contributed by atoms with E-state index in [9.17, 15) is 0 Å². The van der Waals surface area contributed by atoms with Crippen molar-refractivity contribution < 1.29 is 0 Å². The van der Waals surface area contributed by atoms with Crippen LogP contribution in [0.3, 0.4) is 0 Å². The fraction of sp³-hybridized carbons (Fsp3) is 0.929. The lowest BCUT2D eigenvalue weighted by Crippen LogP contribution is -2.34. The molecule has 2 saturated carbocycles. The van der Waals surface area contributed by atoms with Crippen LogP contribution >= 0.6 is 11.8 Å². The maximum absolute atomic E-state index is 4.67. The molecule has 0 aromatic heterocycles. The summed E-state index contributed by atoms with van der Waals surface area (Å²) in [5.74, 6) is 0.981.